The van der Waals surface area contributed by atoms with Crippen molar-refractivity contribution in [2.24, 2.45) is 4.99 Å². The minimum absolute atomic E-state index is 0.0341. The lowest BCUT2D eigenvalue weighted by atomic mass is 10.2. The van der Waals surface area contributed by atoms with Crippen molar-refractivity contribution in [3.05, 3.63) is 91.7 Å². The van der Waals surface area contributed by atoms with Gasteiger partial charge in [-0.15, -0.1) is 0 Å². The number of halogens is 2. The standard InChI is InChI=1S/C23H16Br2N2O4S2/c1-14-7-9-18(10-8-14)33(29,30)31-21-15(11-16(24)13-19(21)25)12-20-22(28)27-23(32-20)26-17-5-3-2-4-6-17/h2-13H,1H3,(H,26,27,28)/b20-12-. The average molecular weight is 608 g/mol. The highest BCUT2D eigenvalue weighted by Crippen LogP contribution is 2.38. The fourth-order valence-corrected chi connectivity index (χ4v) is 6.13. The van der Waals surface area contributed by atoms with E-state index in [1.54, 1.807) is 30.3 Å². The highest BCUT2D eigenvalue weighted by Gasteiger charge is 2.26. The monoisotopic (exact) mass is 606 g/mol. The van der Waals surface area contributed by atoms with E-state index >= 15 is 0 Å². The van der Waals surface area contributed by atoms with E-state index in [0.29, 0.717) is 30.3 Å². The number of hydrogen-bond acceptors (Lipinski definition) is 6. The van der Waals surface area contributed by atoms with Gasteiger partial charge in [0, 0.05) is 10.0 Å². The third-order valence-electron chi connectivity index (χ3n) is 4.46. The van der Waals surface area contributed by atoms with Crippen molar-refractivity contribution in [3.8, 4) is 5.75 Å². The molecule has 0 unspecified atom stereocenters. The minimum Gasteiger partial charge on any atom is -0.377 e. The molecule has 4 rings (SSSR count). The minimum atomic E-state index is -4.09. The molecule has 1 fully saturated rings. The van der Waals surface area contributed by atoms with E-state index in [4.69, 9.17) is 4.18 Å². The van der Waals surface area contributed by atoms with Crippen molar-refractivity contribution in [3.63, 3.8) is 0 Å². The molecule has 168 valence electrons. The van der Waals surface area contributed by atoms with E-state index in [1.165, 1.54) is 12.1 Å². The van der Waals surface area contributed by atoms with Gasteiger partial charge in [0.15, 0.2) is 10.9 Å². The number of nitrogens with one attached hydrogen (secondary N) is 1. The zero-order chi connectivity index (χ0) is 23.6. The van der Waals surface area contributed by atoms with Crippen molar-refractivity contribution < 1.29 is 17.4 Å². The topological polar surface area (TPSA) is 84.8 Å². The molecule has 0 bridgehead atoms. The molecule has 3 aromatic carbocycles. The van der Waals surface area contributed by atoms with Crippen LogP contribution in [0.15, 0.2) is 90.5 Å². The Hall–Kier alpha value is -2.40. The molecule has 0 saturated carbocycles. The summed E-state index contributed by atoms with van der Waals surface area (Å²) >= 11 is 7.94. The van der Waals surface area contributed by atoms with E-state index in [2.05, 4.69) is 42.2 Å². The van der Waals surface area contributed by atoms with Crippen LogP contribution in [0.4, 0.5) is 5.69 Å². The van der Waals surface area contributed by atoms with Gasteiger partial charge in [0.05, 0.1) is 15.1 Å². The van der Waals surface area contributed by atoms with Gasteiger partial charge in [-0.2, -0.15) is 8.42 Å². The van der Waals surface area contributed by atoms with Crippen LogP contribution in [-0.4, -0.2) is 19.5 Å². The molecule has 0 atom stereocenters. The first-order chi connectivity index (χ1) is 15.7. The summed E-state index contributed by atoms with van der Waals surface area (Å²) in [5.74, 6) is -0.258. The van der Waals surface area contributed by atoms with E-state index in [0.717, 1.165) is 17.3 Å². The van der Waals surface area contributed by atoms with E-state index in [1.807, 2.05) is 37.3 Å². The second kappa shape index (κ2) is 9.84. The maximum Gasteiger partial charge on any atom is 0.339 e. The SMILES string of the molecule is Cc1ccc(S(=O)(=O)Oc2c(Br)cc(Br)cc2/C=C2\SC(=Nc3ccccc3)NC2=O)cc1. The van der Waals surface area contributed by atoms with Crippen LogP contribution in [0.25, 0.3) is 6.08 Å². The second-order valence-corrected chi connectivity index (χ2v) is 11.3. The molecular formula is C23H16Br2N2O4S2. The lowest BCUT2D eigenvalue weighted by Crippen LogP contribution is -2.19. The molecule has 0 aromatic heterocycles. The fourth-order valence-electron chi connectivity index (χ4n) is 2.88. The van der Waals surface area contributed by atoms with Crippen LogP contribution >= 0.6 is 43.6 Å². The Morgan fingerprint density at radius 1 is 1.03 bits per heavy atom. The van der Waals surface area contributed by atoms with Gasteiger partial charge in [0.1, 0.15) is 4.90 Å². The van der Waals surface area contributed by atoms with Crippen molar-refractivity contribution >= 4 is 76.6 Å². The summed E-state index contributed by atoms with van der Waals surface area (Å²) in [6, 6.07) is 19.0. The van der Waals surface area contributed by atoms with Crippen LogP contribution < -0.4 is 9.50 Å². The van der Waals surface area contributed by atoms with Crippen molar-refractivity contribution in [2.75, 3.05) is 0 Å². The van der Waals surface area contributed by atoms with Crippen LogP contribution in [-0.2, 0) is 14.9 Å². The van der Waals surface area contributed by atoms with Crippen molar-refractivity contribution in [1.29, 1.82) is 0 Å². The summed E-state index contributed by atoms with van der Waals surface area (Å²) in [4.78, 5) is 17.3. The Balaban J connectivity index is 1.69. The molecule has 1 aliphatic heterocycles. The van der Waals surface area contributed by atoms with Crippen molar-refractivity contribution in [2.45, 2.75) is 11.8 Å². The van der Waals surface area contributed by atoms with Gasteiger partial charge in [0.2, 0.25) is 0 Å². The molecule has 1 heterocycles. The molecule has 1 N–H and O–H groups in total. The Morgan fingerprint density at radius 3 is 2.42 bits per heavy atom. The highest BCUT2D eigenvalue weighted by molar-refractivity contribution is 9.11. The van der Waals surface area contributed by atoms with Gasteiger partial charge in [-0.05, 0) is 77.1 Å². The van der Waals surface area contributed by atoms with Gasteiger partial charge in [-0.1, -0.05) is 51.8 Å². The second-order valence-electron chi connectivity index (χ2n) is 6.97. The normalized spacial score (nSPS) is 16.3. The number of hydrogen-bond donors (Lipinski definition) is 1. The number of benzene rings is 3. The average Bonchev–Trinajstić information content (AvgIpc) is 3.10. The summed E-state index contributed by atoms with van der Waals surface area (Å²) in [5, 5.41) is 3.16. The molecule has 0 aliphatic carbocycles. The predicted octanol–water partition coefficient (Wildman–Crippen LogP) is 6.18. The first-order valence-electron chi connectivity index (χ1n) is 9.56. The van der Waals surface area contributed by atoms with E-state index in [-0.39, 0.29) is 16.6 Å². The van der Waals surface area contributed by atoms with Crippen LogP contribution in [0.5, 0.6) is 5.75 Å². The number of carbonyl (C=O) groups excluding carboxylic acids is 1. The molecule has 3 aromatic rings. The summed E-state index contributed by atoms with van der Waals surface area (Å²) in [6.45, 7) is 1.87. The number of amidine groups is 1. The number of carbonyl (C=O) groups is 1. The molecule has 1 aliphatic rings. The number of amides is 1. The Kier molecular flexibility index (Phi) is 7.08. The molecule has 6 nitrogen and oxygen atoms in total. The van der Waals surface area contributed by atoms with Gasteiger partial charge < -0.3 is 9.50 Å². The highest BCUT2D eigenvalue weighted by atomic mass is 79.9. The Bertz CT molecular complexity index is 1390. The lowest BCUT2D eigenvalue weighted by molar-refractivity contribution is -0.115. The summed E-state index contributed by atoms with van der Waals surface area (Å²) in [6.07, 6.45) is 1.57. The number of para-hydroxylation sites is 1. The maximum absolute atomic E-state index is 12.9. The van der Waals surface area contributed by atoms with E-state index < -0.39 is 10.1 Å². The third kappa shape index (κ3) is 5.75. The Morgan fingerprint density at radius 2 is 1.73 bits per heavy atom. The molecule has 0 radical (unpaired) electrons. The predicted molar refractivity (Wildman–Crippen MR) is 138 cm³/mol. The molecule has 1 saturated heterocycles. The molecule has 33 heavy (non-hydrogen) atoms. The van der Waals surface area contributed by atoms with Gasteiger partial charge in [-0.3, -0.25) is 4.79 Å². The number of aryl methyl sites for hydroxylation is 1. The van der Waals surface area contributed by atoms with Crippen LogP contribution in [0, 0.1) is 6.92 Å². The number of aliphatic imine (C=N–C) groups is 1. The fraction of sp³-hybridized carbons (Fsp3) is 0.0435. The lowest BCUT2D eigenvalue weighted by Gasteiger charge is -2.12. The van der Waals surface area contributed by atoms with Gasteiger partial charge in [-0.25, -0.2) is 4.99 Å². The van der Waals surface area contributed by atoms with Crippen LogP contribution in [0.3, 0.4) is 0 Å². The summed E-state index contributed by atoms with van der Waals surface area (Å²) < 4.78 is 32.4. The van der Waals surface area contributed by atoms with Crippen LogP contribution in [0.1, 0.15) is 11.1 Å². The number of rotatable bonds is 5. The largest absolute Gasteiger partial charge is 0.377 e. The van der Waals surface area contributed by atoms with Gasteiger partial charge >= 0.3 is 10.1 Å². The molecule has 0 spiro atoms. The van der Waals surface area contributed by atoms with E-state index in [9.17, 15) is 13.2 Å². The third-order valence-corrected chi connectivity index (χ3v) is 7.66. The number of nitrogens with zero attached hydrogens (tertiary/aromatic N) is 1. The number of thioether (sulfide) groups is 1. The first-order valence-corrected chi connectivity index (χ1v) is 13.4. The summed E-state index contributed by atoms with van der Waals surface area (Å²) in [5.41, 5.74) is 2.05. The smallest absolute Gasteiger partial charge is 0.339 e. The van der Waals surface area contributed by atoms with Gasteiger partial charge in [0.25, 0.3) is 5.91 Å². The zero-order valence-corrected chi connectivity index (χ0v) is 21.9. The summed E-state index contributed by atoms with van der Waals surface area (Å²) in [7, 11) is -4.09. The molecule has 10 heteroatoms. The van der Waals surface area contributed by atoms with Crippen LogP contribution in [0.2, 0.25) is 0 Å². The molecular weight excluding hydrogens is 592 g/mol. The zero-order valence-electron chi connectivity index (χ0n) is 17.1. The Labute approximate surface area is 212 Å². The molecule has 1 amide bonds. The first kappa shape index (κ1) is 23.7. The maximum atomic E-state index is 12.9. The van der Waals surface area contributed by atoms with Crippen molar-refractivity contribution in [1.82, 2.24) is 5.32 Å². The quantitative estimate of drug-likeness (QED) is 0.277.